The Morgan fingerprint density at radius 3 is 2.67 bits per heavy atom. The molecule has 1 aliphatic rings. The molecule has 1 aromatic carbocycles. The van der Waals surface area contributed by atoms with Gasteiger partial charge in [0.15, 0.2) is 0 Å². The highest BCUT2D eigenvalue weighted by molar-refractivity contribution is 5.80. The molecule has 1 amide bonds. The molecule has 1 atom stereocenters. The first-order valence-electron chi connectivity index (χ1n) is 8.59. The Morgan fingerprint density at radius 2 is 1.96 bits per heavy atom. The van der Waals surface area contributed by atoms with Crippen LogP contribution in [0.25, 0.3) is 0 Å². The fourth-order valence-electron chi connectivity index (χ4n) is 3.09. The van der Waals surface area contributed by atoms with Crippen LogP contribution in [0, 0.1) is 0 Å². The van der Waals surface area contributed by atoms with Crippen molar-refractivity contribution in [2.75, 3.05) is 26.2 Å². The maximum absolute atomic E-state index is 12.6. The van der Waals surface area contributed by atoms with Crippen molar-refractivity contribution in [2.45, 2.75) is 31.7 Å². The highest BCUT2D eigenvalue weighted by Crippen LogP contribution is 2.13. The summed E-state index contributed by atoms with van der Waals surface area (Å²) in [6, 6.07) is 9.51. The average molecular weight is 328 g/mol. The number of piperidine rings is 1. The van der Waals surface area contributed by atoms with E-state index in [0.717, 1.165) is 25.2 Å². The molecule has 0 radical (unpaired) electrons. The summed E-state index contributed by atoms with van der Waals surface area (Å²) in [6.45, 7) is 3.83. The minimum Gasteiger partial charge on any atom is -0.353 e. The Hall–Kier alpha value is -2.28. The first-order chi connectivity index (χ1) is 11.8. The Balaban J connectivity index is 1.57. The normalized spacial score (nSPS) is 16.7. The first kappa shape index (κ1) is 16.6. The van der Waals surface area contributed by atoms with Gasteiger partial charge in [-0.05, 0) is 41.9 Å². The van der Waals surface area contributed by atoms with E-state index < -0.39 is 6.04 Å². The molecule has 1 saturated heterocycles. The first-order valence-corrected chi connectivity index (χ1v) is 8.59. The molecule has 0 spiro atoms. The van der Waals surface area contributed by atoms with E-state index in [1.165, 1.54) is 30.3 Å². The molecule has 1 aliphatic heterocycles. The number of carbonyl (C=O) groups excluding carboxylic acids is 1. The molecule has 1 aromatic heterocycles. The van der Waals surface area contributed by atoms with Gasteiger partial charge in [0.2, 0.25) is 5.91 Å². The summed E-state index contributed by atoms with van der Waals surface area (Å²) in [6.07, 6.45) is 5.91. The third-order valence-corrected chi connectivity index (χ3v) is 4.43. The lowest BCUT2D eigenvalue weighted by Gasteiger charge is -2.26. The van der Waals surface area contributed by atoms with Crippen molar-refractivity contribution in [3.8, 4) is 0 Å². The quantitative estimate of drug-likeness (QED) is 0.822. The zero-order chi connectivity index (χ0) is 16.6. The number of rotatable bonds is 7. The second-order valence-electron chi connectivity index (χ2n) is 6.19. The van der Waals surface area contributed by atoms with Gasteiger partial charge in [0.05, 0.1) is 0 Å². The van der Waals surface area contributed by atoms with Crippen LogP contribution in [0.2, 0.25) is 0 Å². The number of hydrogen-bond acceptors (Lipinski definition) is 5. The van der Waals surface area contributed by atoms with Crippen molar-refractivity contribution in [3.05, 3.63) is 42.2 Å². The zero-order valence-electron chi connectivity index (χ0n) is 13.8. The van der Waals surface area contributed by atoms with E-state index in [2.05, 4.69) is 25.7 Å². The van der Waals surface area contributed by atoms with Gasteiger partial charge in [0.1, 0.15) is 12.4 Å². The molecule has 1 unspecified atom stereocenters. The smallest absolute Gasteiger partial charge is 0.245 e. The van der Waals surface area contributed by atoms with Gasteiger partial charge >= 0.3 is 0 Å². The molecule has 24 heavy (non-hydrogen) atoms. The van der Waals surface area contributed by atoms with Crippen molar-refractivity contribution in [1.82, 2.24) is 30.4 Å². The third kappa shape index (κ3) is 4.61. The van der Waals surface area contributed by atoms with E-state index in [1.54, 1.807) is 0 Å². The molecule has 7 heteroatoms. The molecule has 3 rings (SSSR count). The van der Waals surface area contributed by atoms with Gasteiger partial charge in [-0.15, -0.1) is 5.10 Å². The lowest BCUT2D eigenvalue weighted by molar-refractivity contribution is -0.124. The minimum absolute atomic E-state index is 0.0387. The maximum atomic E-state index is 12.6. The molecular weight excluding hydrogens is 304 g/mol. The number of amides is 1. The minimum atomic E-state index is -0.427. The van der Waals surface area contributed by atoms with E-state index in [0.29, 0.717) is 13.0 Å². The van der Waals surface area contributed by atoms with E-state index in [-0.39, 0.29) is 5.91 Å². The van der Waals surface area contributed by atoms with Crippen LogP contribution in [0.1, 0.15) is 30.9 Å². The largest absolute Gasteiger partial charge is 0.353 e. The second kappa shape index (κ2) is 8.54. The number of likely N-dealkylation sites (tertiary alicyclic amines) is 1. The molecule has 0 saturated carbocycles. The second-order valence-corrected chi connectivity index (χ2v) is 6.19. The maximum Gasteiger partial charge on any atom is 0.245 e. The number of hydrogen-bond donors (Lipinski definition) is 1. The molecule has 7 nitrogen and oxygen atoms in total. The topological polar surface area (TPSA) is 75.9 Å². The molecule has 2 aromatic rings. The summed E-state index contributed by atoms with van der Waals surface area (Å²) in [5.41, 5.74) is 1.09. The van der Waals surface area contributed by atoms with Gasteiger partial charge in [-0.3, -0.25) is 4.79 Å². The fourth-order valence-corrected chi connectivity index (χ4v) is 3.09. The van der Waals surface area contributed by atoms with Crippen LogP contribution in [-0.4, -0.2) is 57.2 Å². The highest BCUT2D eigenvalue weighted by atomic mass is 16.2. The summed E-state index contributed by atoms with van der Waals surface area (Å²) in [7, 11) is 0. The van der Waals surface area contributed by atoms with Gasteiger partial charge in [0, 0.05) is 19.5 Å². The van der Waals surface area contributed by atoms with Crippen molar-refractivity contribution < 1.29 is 4.79 Å². The van der Waals surface area contributed by atoms with Gasteiger partial charge in [-0.1, -0.05) is 36.8 Å². The van der Waals surface area contributed by atoms with Gasteiger partial charge < -0.3 is 10.2 Å². The Morgan fingerprint density at radius 1 is 1.17 bits per heavy atom. The summed E-state index contributed by atoms with van der Waals surface area (Å²) < 4.78 is 1.53. The molecule has 1 fully saturated rings. The number of benzene rings is 1. The summed E-state index contributed by atoms with van der Waals surface area (Å²) >= 11 is 0. The molecule has 1 N–H and O–H groups in total. The average Bonchev–Trinajstić information content (AvgIpc) is 3.16. The van der Waals surface area contributed by atoms with Crippen LogP contribution in [0.3, 0.4) is 0 Å². The Bertz CT molecular complexity index is 609. The van der Waals surface area contributed by atoms with Crippen LogP contribution in [-0.2, 0) is 11.2 Å². The van der Waals surface area contributed by atoms with E-state index in [9.17, 15) is 4.79 Å². The third-order valence-electron chi connectivity index (χ3n) is 4.43. The van der Waals surface area contributed by atoms with E-state index in [4.69, 9.17) is 0 Å². The molecule has 0 aliphatic carbocycles. The number of tetrazole rings is 1. The lowest BCUT2D eigenvalue weighted by Crippen LogP contribution is -2.40. The predicted octanol–water partition coefficient (Wildman–Crippen LogP) is 1.06. The lowest BCUT2D eigenvalue weighted by atomic mass is 10.1. The molecule has 2 heterocycles. The van der Waals surface area contributed by atoms with Crippen molar-refractivity contribution in [2.24, 2.45) is 0 Å². The van der Waals surface area contributed by atoms with Gasteiger partial charge in [-0.2, -0.15) is 0 Å². The van der Waals surface area contributed by atoms with Crippen LogP contribution in [0.15, 0.2) is 36.7 Å². The van der Waals surface area contributed by atoms with E-state index in [1.807, 2.05) is 30.3 Å². The zero-order valence-corrected chi connectivity index (χ0v) is 13.8. The van der Waals surface area contributed by atoms with Crippen molar-refractivity contribution >= 4 is 5.91 Å². The summed E-state index contributed by atoms with van der Waals surface area (Å²) in [5, 5.41) is 14.3. The number of nitrogens with one attached hydrogen (secondary N) is 1. The number of aromatic nitrogens is 4. The summed E-state index contributed by atoms with van der Waals surface area (Å²) in [4.78, 5) is 15.1. The summed E-state index contributed by atoms with van der Waals surface area (Å²) in [5.74, 6) is -0.0387. The fraction of sp³-hybridized carbons (Fsp3) is 0.529. The highest BCUT2D eigenvalue weighted by Gasteiger charge is 2.22. The van der Waals surface area contributed by atoms with Gasteiger partial charge in [0.25, 0.3) is 0 Å². The van der Waals surface area contributed by atoms with Gasteiger partial charge in [-0.25, -0.2) is 4.68 Å². The number of carbonyl (C=O) groups is 1. The molecule has 128 valence electrons. The van der Waals surface area contributed by atoms with E-state index >= 15 is 0 Å². The van der Waals surface area contributed by atoms with Crippen molar-refractivity contribution in [3.63, 3.8) is 0 Å². The molecular formula is C17H24N6O. The number of nitrogens with zero attached hydrogens (tertiary/aromatic N) is 5. The Labute approximate surface area is 142 Å². The molecule has 0 bridgehead atoms. The van der Waals surface area contributed by atoms with Crippen LogP contribution < -0.4 is 5.32 Å². The van der Waals surface area contributed by atoms with Crippen LogP contribution >= 0.6 is 0 Å². The SMILES string of the molecule is O=C(NCCN1CCCCC1)C(Cc1ccccc1)n1cnnn1. The van der Waals surface area contributed by atoms with Crippen molar-refractivity contribution in [1.29, 1.82) is 0 Å². The Kier molecular flexibility index (Phi) is 5.90. The van der Waals surface area contributed by atoms with Crippen LogP contribution in [0.4, 0.5) is 0 Å². The predicted molar refractivity (Wildman–Crippen MR) is 90.3 cm³/mol. The van der Waals surface area contributed by atoms with Crippen LogP contribution in [0.5, 0.6) is 0 Å². The monoisotopic (exact) mass is 328 g/mol. The standard InChI is InChI=1S/C17H24N6O/c24-17(18-9-12-22-10-5-2-6-11-22)16(23-14-19-20-21-23)13-15-7-3-1-4-8-15/h1,3-4,7-8,14,16H,2,5-6,9-13H2,(H,18,24).